The van der Waals surface area contributed by atoms with Crippen molar-refractivity contribution in [2.45, 2.75) is 50.5 Å². The van der Waals surface area contributed by atoms with Crippen molar-refractivity contribution >= 4 is 27.8 Å². The zero-order chi connectivity index (χ0) is 31.4. The molecule has 2 amide bonds. The van der Waals surface area contributed by atoms with Gasteiger partial charge in [-0.1, -0.05) is 45.4 Å². The number of fused-ring (bicyclic) bond motifs is 1. The Balaban J connectivity index is 1.45. The van der Waals surface area contributed by atoms with E-state index >= 15 is 0 Å². The van der Waals surface area contributed by atoms with Crippen LogP contribution in [0.15, 0.2) is 71.9 Å². The molecule has 2 heterocycles. The van der Waals surface area contributed by atoms with E-state index in [0.717, 1.165) is 5.56 Å². The van der Waals surface area contributed by atoms with Crippen LogP contribution in [0.2, 0.25) is 0 Å². The molecule has 5 rings (SSSR count). The Bertz CT molecular complexity index is 1790. The lowest BCUT2D eigenvalue weighted by molar-refractivity contribution is -0.126. The Morgan fingerprint density at radius 1 is 1.00 bits per heavy atom. The highest BCUT2D eigenvalue weighted by Crippen LogP contribution is 2.36. The Kier molecular flexibility index (Phi) is 8.86. The number of sulfonamides is 1. The summed E-state index contributed by atoms with van der Waals surface area (Å²) in [6.45, 7) is 5.99. The van der Waals surface area contributed by atoms with Crippen molar-refractivity contribution in [2.24, 2.45) is 7.05 Å². The molecule has 230 valence electrons. The first-order valence-corrected chi connectivity index (χ1v) is 15.5. The van der Waals surface area contributed by atoms with Crippen LogP contribution in [-0.2, 0) is 28.3 Å². The van der Waals surface area contributed by atoms with Gasteiger partial charge in [0.1, 0.15) is 12.1 Å². The van der Waals surface area contributed by atoms with Crippen LogP contribution in [0.3, 0.4) is 0 Å². The van der Waals surface area contributed by atoms with Gasteiger partial charge in [-0.25, -0.2) is 18.1 Å². The first-order valence-electron chi connectivity index (χ1n) is 14.1. The van der Waals surface area contributed by atoms with Crippen LogP contribution in [0.5, 0.6) is 17.2 Å². The number of rotatable bonds is 11. The molecule has 2 N–H and O–H groups in total. The molecular formula is C31H33N5O7S. The van der Waals surface area contributed by atoms with Crippen molar-refractivity contribution in [1.29, 1.82) is 0 Å². The van der Waals surface area contributed by atoms with Crippen LogP contribution >= 0.6 is 0 Å². The first kappa shape index (κ1) is 30.5. The van der Waals surface area contributed by atoms with E-state index < -0.39 is 27.9 Å². The van der Waals surface area contributed by atoms with E-state index in [0.29, 0.717) is 46.8 Å². The highest BCUT2D eigenvalue weighted by Gasteiger charge is 2.30. The Morgan fingerprint density at radius 2 is 1.73 bits per heavy atom. The highest BCUT2D eigenvalue weighted by atomic mass is 32.2. The molecule has 4 aromatic rings. The topological polar surface area (TPSA) is 151 Å². The second-order valence-corrected chi connectivity index (χ2v) is 12.3. The number of anilines is 1. The smallest absolute Gasteiger partial charge is 0.279 e. The number of hydrogen-bond acceptors (Lipinski definition) is 9. The van der Waals surface area contributed by atoms with Crippen LogP contribution in [-0.4, -0.2) is 41.8 Å². The SMILES string of the molecule is CCCc1cc(C(=O)Nc2ncn(C)n2)ccc1OC(C(=O)NS(=O)(=O)c1ccc(C(C)C)cc1)c1ccc2c(c1)OCO2. The fourth-order valence-corrected chi connectivity index (χ4v) is 5.61. The van der Waals surface area contributed by atoms with E-state index in [4.69, 9.17) is 14.2 Å². The van der Waals surface area contributed by atoms with Crippen LogP contribution < -0.4 is 24.2 Å². The van der Waals surface area contributed by atoms with E-state index in [1.807, 2.05) is 20.8 Å². The molecule has 1 aliphatic heterocycles. The minimum atomic E-state index is -4.23. The average Bonchev–Trinajstić information content (AvgIpc) is 3.64. The van der Waals surface area contributed by atoms with Crippen LogP contribution in [0.4, 0.5) is 5.95 Å². The van der Waals surface area contributed by atoms with E-state index in [-0.39, 0.29) is 23.6 Å². The normalized spacial score (nSPS) is 13.0. The summed E-state index contributed by atoms with van der Waals surface area (Å²) in [5, 5.41) is 6.72. The molecule has 12 nitrogen and oxygen atoms in total. The third kappa shape index (κ3) is 6.83. The lowest BCUT2D eigenvalue weighted by atomic mass is 10.0. The monoisotopic (exact) mass is 619 g/mol. The summed E-state index contributed by atoms with van der Waals surface area (Å²) in [5.41, 5.74) is 2.31. The van der Waals surface area contributed by atoms with Gasteiger partial charge in [0.15, 0.2) is 11.5 Å². The Hall–Kier alpha value is -4.91. The maximum Gasteiger partial charge on any atom is 0.279 e. The number of benzene rings is 3. The van der Waals surface area contributed by atoms with Crippen molar-refractivity contribution in [3.8, 4) is 17.2 Å². The summed E-state index contributed by atoms with van der Waals surface area (Å²) in [7, 11) is -2.54. The van der Waals surface area contributed by atoms with Crippen molar-refractivity contribution < 1.29 is 32.2 Å². The van der Waals surface area contributed by atoms with Crippen LogP contribution in [0.25, 0.3) is 0 Å². The van der Waals surface area contributed by atoms with Gasteiger partial charge in [0, 0.05) is 18.2 Å². The van der Waals surface area contributed by atoms with Crippen molar-refractivity contribution in [1.82, 2.24) is 19.5 Å². The number of aryl methyl sites for hydroxylation is 2. The third-order valence-electron chi connectivity index (χ3n) is 6.94. The molecule has 0 fully saturated rings. The summed E-state index contributed by atoms with van der Waals surface area (Å²) in [5.74, 6) is 0.272. The molecule has 1 aliphatic rings. The molecule has 0 aliphatic carbocycles. The zero-order valence-corrected chi connectivity index (χ0v) is 25.6. The van der Waals surface area contributed by atoms with E-state index in [1.54, 1.807) is 55.6 Å². The average molecular weight is 620 g/mol. The van der Waals surface area contributed by atoms with Gasteiger partial charge in [-0.05, 0) is 65.9 Å². The summed E-state index contributed by atoms with van der Waals surface area (Å²) < 4.78 is 47.3. The number of amides is 2. The Labute approximate surface area is 255 Å². The van der Waals surface area contributed by atoms with E-state index in [2.05, 4.69) is 20.1 Å². The maximum absolute atomic E-state index is 13.7. The van der Waals surface area contributed by atoms with Crippen LogP contribution in [0, 0.1) is 0 Å². The van der Waals surface area contributed by atoms with Gasteiger partial charge in [0.2, 0.25) is 18.8 Å². The summed E-state index contributed by atoms with van der Waals surface area (Å²) in [4.78, 5) is 30.6. The molecule has 1 aromatic heterocycles. The number of nitrogens with one attached hydrogen (secondary N) is 2. The predicted octanol–water partition coefficient (Wildman–Crippen LogP) is 4.50. The molecule has 13 heteroatoms. The zero-order valence-electron chi connectivity index (χ0n) is 24.7. The van der Waals surface area contributed by atoms with Gasteiger partial charge in [0.25, 0.3) is 21.8 Å². The second-order valence-electron chi connectivity index (χ2n) is 10.6. The highest BCUT2D eigenvalue weighted by molar-refractivity contribution is 7.90. The van der Waals surface area contributed by atoms with Crippen molar-refractivity contribution in [3.05, 3.63) is 89.2 Å². The molecule has 1 atom stereocenters. The number of ether oxygens (including phenoxy) is 3. The minimum Gasteiger partial charge on any atom is -0.475 e. The maximum atomic E-state index is 13.7. The summed E-state index contributed by atoms with van der Waals surface area (Å²) in [6.07, 6.45) is 1.32. The Morgan fingerprint density at radius 3 is 2.41 bits per heavy atom. The number of carbonyl (C=O) groups is 2. The number of carbonyl (C=O) groups excluding carboxylic acids is 2. The predicted molar refractivity (Wildman–Crippen MR) is 161 cm³/mol. The molecule has 44 heavy (non-hydrogen) atoms. The van der Waals surface area contributed by atoms with E-state index in [9.17, 15) is 18.0 Å². The van der Waals surface area contributed by atoms with Gasteiger partial charge in [-0.15, -0.1) is 5.10 Å². The third-order valence-corrected chi connectivity index (χ3v) is 8.30. The van der Waals surface area contributed by atoms with Gasteiger partial charge in [-0.2, -0.15) is 0 Å². The minimum absolute atomic E-state index is 0.0233. The van der Waals surface area contributed by atoms with E-state index in [1.165, 1.54) is 23.1 Å². The molecule has 3 aromatic carbocycles. The molecule has 0 bridgehead atoms. The number of aromatic nitrogens is 3. The van der Waals surface area contributed by atoms with Gasteiger partial charge in [-0.3, -0.25) is 19.6 Å². The molecule has 0 saturated heterocycles. The molecular weight excluding hydrogens is 586 g/mol. The molecule has 0 saturated carbocycles. The van der Waals surface area contributed by atoms with Gasteiger partial charge in [0.05, 0.1) is 4.90 Å². The second kappa shape index (κ2) is 12.8. The number of hydrogen-bond donors (Lipinski definition) is 2. The molecule has 1 unspecified atom stereocenters. The number of nitrogens with zero attached hydrogens (tertiary/aromatic N) is 3. The standard InChI is InChI=1S/C31H33N5O7S/c1-5-6-21-15-23(29(37)33-31-32-17-36(4)34-31)10-13-25(21)43-28(22-9-14-26-27(16-22)42-18-41-26)30(38)35-44(39,40)24-11-7-20(8-12-24)19(2)3/h7-17,19,28H,5-6,18H2,1-4H3,(H,35,38)(H,33,34,37). The van der Waals surface area contributed by atoms with Crippen LogP contribution in [0.1, 0.15) is 66.3 Å². The van der Waals surface area contributed by atoms with Crippen molar-refractivity contribution in [3.63, 3.8) is 0 Å². The molecule has 0 radical (unpaired) electrons. The lowest BCUT2D eigenvalue weighted by Crippen LogP contribution is -2.37. The first-order chi connectivity index (χ1) is 21.0. The quantitative estimate of drug-likeness (QED) is 0.247. The summed E-state index contributed by atoms with van der Waals surface area (Å²) in [6, 6.07) is 16.0. The van der Waals surface area contributed by atoms with Gasteiger partial charge >= 0.3 is 0 Å². The fraction of sp³-hybridized carbons (Fsp3) is 0.290. The molecule has 0 spiro atoms. The fourth-order valence-electron chi connectivity index (χ4n) is 4.62. The van der Waals surface area contributed by atoms with Crippen molar-refractivity contribution in [2.75, 3.05) is 12.1 Å². The van der Waals surface area contributed by atoms with Gasteiger partial charge < -0.3 is 14.2 Å². The summed E-state index contributed by atoms with van der Waals surface area (Å²) >= 11 is 0. The largest absolute Gasteiger partial charge is 0.475 e. The lowest BCUT2D eigenvalue weighted by Gasteiger charge is -2.22.